The van der Waals surface area contributed by atoms with Gasteiger partial charge in [-0.1, -0.05) is 19.1 Å². The number of amides is 1. The maximum atomic E-state index is 11.3. The molecule has 0 saturated carbocycles. The molecule has 19 heavy (non-hydrogen) atoms. The number of carbonyl (C=O) groups excluding carboxylic acids is 2. The van der Waals surface area contributed by atoms with Crippen LogP contribution in [0.25, 0.3) is 0 Å². The van der Waals surface area contributed by atoms with Gasteiger partial charge in [-0.05, 0) is 33.6 Å². The molecule has 0 unspecified atom stereocenters. The van der Waals surface area contributed by atoms with Gasteiger partial charge in [-0.15, -0.1) is 0 Å². The largest absolute Gasteiger partial charge is 0.461 e. The average Bonchev–Trinajstić information content (AvgIpc) is 2.28. The number of rotatable bonds is 8. The van der Waals surface area contributed by atoms with Crippen LogP contribution in [0.2, 0.25) is 0 Å². The van der Waals surface area contributed by atoms with Gasteiger partial charge in [-0.3, -0.25) is 4.79 Å². The van der Waals surface area contributed by atoms with Crippen LogP contribution in [-0.2, 0) is 14.3 Å². The molecule has 1 N–H and O–H groups in total. The number of unbranched alkanes of at least 4 members (excludes halogenated alkanes) is 2. The third-order valence-electron chi connectivity index (χ3n) is 2.09. The van der Waals surface area contributed by atoms with E-state index in [1.54, 1.807) is 6.08 Å². The van der Waals surface area contributed by atoms with Gasteiger partial charge in [0.15, 0.2) is 0 Å². The monoisotopic (exact) mass is 271 g/mol. The molecule has 0 bridgehead atoms. The maximum Gasteiger partial charge on any atom is 0.407 e. The molecule has 0 aromatic heterocycles. The highest BCUT2D eigenvalue weighted by Crippen LogP contribution is 2.06. The first kappa shape index (κ1) is 17.5. The SMILES string of the molecule is C=CCOC(=O)CCCCCNC(=O)OC(C)(C)C. The molecular formula is C14H25NO4. The van der Waals surface area contributed by atoms with E-state index in [-0.39, 0.29) is 12.6 Å². The van der Waals surface area contributed by atoms with E-state index >= 15 is 0 Å². The van der Waals surface area contributed by atoms with Crippen LogP contribution in [0.5, 0.6) is 0 Å². The van der Waals surface area contributed by atoms with E-state index in [0.29, 0.717) is 13.0 Å². The summed E-state index contributed by atoms with van der Waals surface area (Å²) in [4.78, 5) is 22.4. The van der Waals surface area contributed by atoms with Gasteiger partial charge in [0, 0.05) is 13.0 Å². The minimum absolute atomic E-state index is 0.208. The van der Waals surface area contributed by atoms with Crippen molar-refractivity contribution in [1.29, 1.82) is 0 Å². The summed E-state index contributed by atoms with van der Waals surface area (Å²) in [5.74, 6) is -0.208. The highest BCUT2D eigenvalue weighted by Gasteiger charge is 2.15. The lowest BCUT2D eigenvalue weighted by Gasteiger charge is -2.19. The molecule has 0 fully saturated rings. The van der Waals surface area contributed by atoms with Crippen molar-refractivity contribution < 1.29 is 19.1 Å². The van der Waals surface area contributed by atoms with Crippen LogP contribution >= 0.6 is 0 Å². The molecule has 0 aromatic carbocycles. The van der Waals surface area contributed by atoms with Gasteiger partial charge in [0.25, 0.3) is 0 Å². The predicted molar refractivity (Wildman–Crippen MR) is 73.9 cm³/mol. The quantitative estimate of drug-likeness (QED) is 0.419. The zero-order valence-corrected chi connectivity index (χ0v) is 12.2. The second kappa shape index (κ2) is 9.42. The van der Waals surface area contributed by atoms with E-state index in [1.807, 2.05) is 20.8 Å². The number of hydrogen-bond acceptors (Lipinski definition) is 4. The topological polar surface area (TPSA) is 64.6 Å². The van der Waals surface area contributed by atoms with Crippen molar-refractivity contribution >= 4 is 12.1 Å². The summed E-state index contributed by atoms with van der Waals surface area (Å²) in [6.45, 7) is 9.74. The molecule has 0 radical (unpaired) electrons. The summed E-state index contributed by atoms with van der Waals surface area (Å²) in [6, 6.07) is 0. The number of esters is 1. The molecule has 0 aliphatic heterocycles. The molecule has 110 valence electrons. The van der Waals surface area contributed by atoms with Crippen LogP contribution in [0, 0.1) is 0 Å². The zero-order chi connectivity index (χ0) is 14.7. The molecule has 0 aromatic rings. The minimum Gasteiger partial charge on any atom is -0.461 e. The van der Waals surface area contributed by atoms with Crippen LogP contribution < -0.4 is 5.32 Å². The van der Waals surface area contributed by atoms with Gasteiger partial charge < -0.3 is 14.8 Å². The van der Waals surface area contributed by atoms with Crippen molar-refractivity contribution in [1.82, 2.24) is 5.32 Å². The van der Waals surface area contributed by atoms with Crippen LogP contribution in [0.4, 0.5) is 4.79 Å². The fourth-order valence-electron chi connectivity index (χ4n) is 1.30. The van der Waals surface area contributed by atoms with E-state index in [1.165, 1.54) is 0 Å². The Hall–Kier alpha value is -1.52. The van der Waals surface area contributed by atoms with Gasteiger partial charge in [-0.25, -0.2) is 4.79 Å². The summed E-state index contributed by atoms with van der Waals surface area (Å²) >= 11 is 0. The van der Waals surface area contributed by atoms with E-state index in [9.17, 15) is 9.59 Å². The van der Waals surface area contributed by atoms with Gasteiger partial charge in [0.05, 0.1) is 0 Å². The van der Waals surface area contributed by atoms with E-state index < -0.39 is 11.7 Å². The lowest BCUT2D eigenvalue weighted by Crippen LogP contribution is -2.32. The summed E-state index contributed by atoms with van der Waals surface area (Å²) < 4.78 is 9.94. The van der Waals surface area contributed by atoms with Gasteiger partial charge >= 0.3 is 12.1 Å². The predicted octanol–water partition coefficient (Wildman–Crippen LogP) is 2.80. The fourth-order valence-corrected chi connectivity index (χ4v) is 1.30. The second-order valence-corrected chi connectivity index (χ2v) is 5.21. The van der Waals surface area contributed by atoms with Crippen molar-refractivity contribution in [3.63, 3.8) is 0 Å². The van der Waals surface area contributed by atoms with Crippen molar-refractivity contribution in [3.05, 3.63) is 12.7 Å². The molecule has 5 nitrogen and oxygen atoms in total. The lowest BCUT2D eigenvalue weighted by atomic mass is 10.2. The maximum absolute atomic E-state index is 11.3. The minimum atomic E-state index is -0.473. The molecule has 5 heteroatoms. The van der Waals surface area contributed by atoms with Gasteiger partial charge in [-0.2, -0.15) is 0 Å². The van der Waals surface area contributed by atoms with Crippen molar-refractivity contribution in [2.45, 2.75) is 52.1 Å². The molecule has 0 aliphatic carbocycles. The Balaban J connectivity index is 3.43. The van der Waals surface area contributed by atoms with Crippen LogP contribution in [0.1, 0.15) is 46.5 Å². The number of nitrogens with one attached hydrogen (secondary N) is 1. The third-order valence-corrected chi connectivity index (χ3v) is 2.09. The summed E-state index contributed by atoms with van der Waals surface area (Å²) in [7, 11) is 0. The molecule has 0 aliphatic rings. The van der Waals surface area contributed by atoms with E-state index in [2.05, 4.69) is 11.9 Å². The van der Waals surface area contributed by atoms with Crippen molar-refractivity contribution in [3.8, 4) is 0 Å². The number of ether oxygens (including phenoxy) is 2. The summed E-state index contributed by atoms with van der Waals surface area (Å²) in [5, 5.41) is 2.67. The standard InChI is InChI=1S/C14H25NO4/c1-5-11-18-12(16)9-7-6-8-10-15-13(17)19-14(2,3)4/h5H,1,6-11H2,2-4H3,(H,15,17). The molecule has 1 amide bonds. The van der Waals surface area contributed by atoms with E-state index in [4.69, 9.17) is 9.47 Å². The molecule has 0 heterocycles. The number of hydrogen-bond donors (Lipinski definition) is 1. The average molecular weight is 271 g/mol. The Morgan fingerprint density at radius 3 is 2.47 bits per heavy atom. The first-order valence-corrected chi connectivity index (χ1v) is 6.58. The van der Waals surface area contributed by atoms with Gasteiger partial charge in [0.2, 0.25) is 0 Å². The normalized spacial score (nSPS) is 10.7. The van der Waals surface area contributed by atoms with Crippen molar-refractivity contribution in [2.75, 3.05) is 13.2 Å². The first-order chi connectivity index (χ1) is 8.85. The second-order valence-electron chi connectivity index (χ2n) is 5.21. The van der Waals surface area contributed by atoms with Crippen LogP contribution in [0.3, 0.4) is 0 Å². The first-order valence-electron chi connectivity index (χ1n) is 6.58. The highest BCUT2D eigenvalue weighted by atomic mass is 16.6. The molecule has 0 spiro atoms. The number of carbonyl (C=O) groups is 2. The molecule has 0 rings (SSSR count). The van der Waals surface area contributed by atoms with Crippen LogP contribution in [0.15, 0.2) is 12.7 Å². The lowest BCUT2D eigenvalue weighted by molar-refractivity contribution is -0.142. The van der Waals surface area contributed by atoms with Crippen LogP contribution in [-0.4, -0.2) is 30.8 Å². The Labute approximate surface area is 115 Å². The van der Waals surface area contributed by atoms with E-state index in [0.717, 1.165) is 19.3 Å². The Morgan fingerprint density at radius 2 is 1.89 bits per heavy atom. The van der Waals surface area contributed by atoms with Gasteiger partial charge in [0.1, 0.15) is 12.2 Å². The Morgan fingerprint density at radius 1 is 1.21 bits per heavy atom. The number of alkyl carbamates (subject to hydrolysis) is 1. The highest BCUT2D eigenvalue weighted by molar-refractivity contribution is 5.69. The molecular weight excluding hydrogens is 246 g/mol. The fraction of sp³-hybridized carbons (Fsp3) is 0.714. The third kappa shape index (κ3) is 12.7. The molecule has 0 atom stereocenters. The molecule has 0 saturated heterocycles. The van der Waals surface area contributed by atoms with Crippen molar-refractivity contribution in [2.24, 2.45) is 0 Å². The Bertz CT molecular complexity index is 294. The summed E-state index contributed by atoms with van der Waals surface area (Å²) in [5.41, 5.74) is -0.473. The zero-order valence-electron chi connectivity index (χ0n) is 12.2. The summed E-state index contributed by atoms with van der Waals surface area (Å²) in [6.07, 6.45) is 3.97. The smallest absolute Gasteiger partial charge is 0.407 e. The Kier molecular flexibility index (Phi) is 8.66.